The molecule has 2 aromatic carbocycles. The lowest BCUT2D eigenvalue weighted by Gasteiger charge is -2.45. The standard InChI is InChI=1S/C31H28F3N5O2/c1-19-17-38(18-20(2)39(19)28(40)13-31(32,33)34)27-12-11-23(15-36-27)26-16-37-29-24(5-4-6-25(29)30(26)41-3)22-9-7-21(14-35)8-10-22/h4-12,15-16,19-20H,13,17-18H2,1-3H3/t19-,20+. The maximum absolute atomic E-state index is 12.8. The van der Waals surface area contributed by atoms with Crippen LogP contribution in [0.3, 0.4) is 0 Å². The van der Waals surface area contributed by atoms with E-state index in [1.165, 1.54) is 4.90 Å². The normalized spacial score (nSPS) is 17.4. The van der Waals surface area contributed by atoms with Crippen molar-refractivity contribution < 1.29 is 22.7 Å². The Morgan fingerprint density at radius 1 is 0.976 bits per heavy atom. The van der Waals surface area contributed by atoms with Crippen LogP contribution >= 0.6 is 0 Å². The molecule has 1 saturated heterocycles. The third kappa shape index (κ3) is 5.66. The Labute approximate surface area is 235 Å². The predicted octanol–water partition coefficient (Wildman–Crippen LogP) is 6.22. The van der Waals surface area contributed by atoms with Gasteiger partial charge in [0.15, 0.2) is 0 Å². The number of benzene rings is 2. The molecule has 2 aromatic heterocycles. The molecule has 2 atom stereocenters. The van der Waals surface area contributed by atoms with Gasteiger partial charge in [0, 0.05) is 59.6 Å². The van der Waals surface area contributed by atoms with Crippen molar-refractivity contribution in [2.75, 3.05) is 25.1 Å². The molecule has 0 radical (unpaired) electrons. The van der Waals surface area contributed by atoms with Gasteiger partial charge in [-0.15, -0.1) is 0 Å². The molecule has 5 rings (SSSR count). The van der Waals surface area contributed by atoms with Gasteiger partial charge in [-0.1, -0.05) is 24.3 Å². The number of aromatic nitrogens is 2. The van der Waals surface area contributed by atoms with Crippen molar-refractivity contribution >= 4 is 22.6 Å². The molecule has 0 spiro atoms. The Balaban J connectivity index is 1.40. The summed E-state index contributed by atoms with van der Waals surface area (Å²) >= 11 is 0. The number of hydrogen-bond donors (Lipinski definition) is 0. The van der Waals surface area contributed by atoms with Crippen LogP contribution in [-0.2, 0) is 4.79 Å². The number of methoxy groups -OCH3 is 1. The second-order valence-corrected chi connectivity index (χ2v) is 10.2. The van der Waals surface area contributed by atoms with E-state index in [1.807, 2.05) is 47.4 Å². The molecule has 3 heterocycles. The number of carbonyl (C=O) groups excluding carboxylic acids is 1. The fourth-order valence-electron chi connectivity index (χ4n) is 5.58. The number of piperazine rings is 1. The fraction of sp³-hybridized carbons (Fsp3) is 0.290. The van der Waals surface area contributed by atoms with Gasteiger partial charge >= 0.3 is 6.18 Å². The molecule has 0 saturated carbocycles. The monoisotopic (exact) mass is 559 g/mol. The van der Waals surface area contributed by atoms with Crippen LogP contribution < -0.4 is 9.64 Å². The van der Waals surface area contributed by atoms with E-state index in [4.69, 9.17) is 15.0 Å². The highest BCUT2D eigenvalue weighted by Crippen LogP contribution is 2.39. The zero-order valence-electron chi connectivity index (χ0n) is 22.8. The highest BCUT2D eigenvalue weighted by molar-refractivity contribution is 6.00. The van der Waals surface area contributed by atoms with Crippen molar-refractivity contribution in [2.45, 2.75) is 38.5 Å². The van der Waals surface area contributed by atoms with Crippen LogP contribution in [0.15, 0.2) is 67.0 Å². The predicted molar refractivity (Wildman–Crippen MR) is 150 cm³/mol. The Morgan fingerprint density at radius 2 is 1.66 bits per heavy atom. The van der Waals surface area contributed by atoms with E-state index in [-0.39, 0.29) is 0 Å². The van der Waals surface area contributed by atoms with Crippen molar-refractivity contribution in [3.63, 3.8) is 0 Å². The number of nitriles is 1. The third-order valence-electron chi connectivity index (χ3n) is 7.32. The summed E-state index contributed by atoms with van der Waals surface area (Å²) in [6.45, 7) is 4.25. The first kappa shape index (κ1) is 27.9. The van der Waals surface area contributed by atoms with Crippen LogP contribution in [0.2, 0.25) is 0 Å². The average Bonchev–Trinajstić information content (AvgIpc) is 2.95. The number of amides is 1. The van der Waals surface area contributed by atoms with Crippen molar-refractivity contribution in [3.8, 4) is 34.1 Å². The smallest absolute Gasteiger partial charge is 0.397 e. The zero-order valence-corrected chi connectivity index (χ0v) is 22.8. The molecule has 0 N–H and O–H groups in total. The van der Waals surface area contributed by atoms with Crippen molar-refractivity contribution in [1.29, 1.82) is 5.26 Å². The molecule has 1 aliphatic rings. The van der Waals surface area contributed by atoms with Crippen molar-refractivity contribution in [3.05, 3.63) is 72.6 Å². The summed E-state index contributed by atoms with van der Waals surface area (Å²) < 4.78 is 44.3. The Bertz CT molecular complexity index is 1600. The third-order valence-corrected chi connectivity index (χ3v) is 7.32. The average molecular weight is 560 g/mol. The minimum absolute atomic E-state index is 0.374. The number of para-hydroxylation sites is 1. The zero-order chi connectivity index (χ0) is 29.3. The van der Waals surface area contributed by atoms with E-state index in [0.29, 0.717) is 30.2 Å². The molecule has 1 fully saturated rings. The lowest BCUT2D eigenvalue weighted by molar-refractivity contribution is -0.164. The Hall–Kier alpha value is -4.65. The fourth-order valence-corrected chi connectivity index (χ4v) is 5.58. The van der Waals surface area contributed by atoms with E-state index >= 15 is 0 Å². The van der Waals surface area contributed by atoms with Gasteiger partial charge in [0.25, 0.3) is 0 Å². The first-order valence-corrected chi connectivity index (χ1v) is 13.1. The molecule has 0 unspecified atom stereocenters. The van der Waals surface area contributed by atoms with Crippen LogP contribution in [0.4, 0.5) is 19.0 Å². The quantitative estimate of drug-likeness (QED) is 0.289. The van der Waals surface area contributed by atoms with Crippen LogP contribution in [0.5, 0.6) is 5.75 Å². The van der Waals surface area contributed by atoms with Crippen molar-refractivity contribution in [2.24, 2.45) is 0 Å². The second-order valence-electron chi connectivity index (χ2n) is 10.2. The summed E-state index contributed by atoms with van der Waals surface area (Å²) in [6, 6.07) is 18.3. The van der Waals surface area contributed by atoms with Gasteiger partial charge in [0.05, 0.1) is 24.3 Å². The van der Waals surface area contributed by atoms with E-state index in [0.717, 1.165) is 33.2 Å². The summed E-state index contributed by atoms with van der Waals surface area (Å²) in [5.41, 5.74) is 4.76. The van der Waals surface area contributed by atoms with E-state index in [1.54, 1.807) is 45.5 Å². The lowest BCUT2D eigenvalue weighted by atomic mass is 9.98. The molecule has 0 aliphatic carbocycles. The number of rotatable bonds is 5. The van der Waals surface area contributed by atoms with Crippen LogP contribution in [0, 0.1) is 11.3 Å². The summed E-state index contributed by atoms with van der Waals surface area (Å²) in [5.74, 6) is 0.420. The van der Waals surface area contributed by atoms with Gasteiger partial charge in [0.2, 0.25) is 5.91 Å². The first-order chi connectivity index (χ1) is 19.6. The summed E-state index contributed by atoms with van der Waals surface area (Å²) in [6.07, 6.45) is -2.51. The van der Waals surface area contributed by atoms with Crippen molar-refractivity contribution in [1.82, 2.24) is 14.9 Å². The topological polar surface area (TPSA) is 82.3 Å². The molecular weight excluding hydrogens is 531 g/mol. The molecule has 4 aromatic rings. The number of anilines is 1. The first-order valence-electron chi connectivity index (χ1n) is 13.1. The van der Waals surface area contributed by atoms with Gasteiger partial charge < -0.3 is 14.5 Å². The lowest BCUT2D eigenvalue weighted by Crippen LogP contribution is -2.59. The molecular formula is C31H28F3N5O2. The Morgan fingerprint density at radius 3 is 2.24 bits per heavy atom. The molecule has 1 amide bonds. The van der Waals surface area contributed by atoms with Gasteiger partial charge in [-0.2, -0.15) is 18.4 Å². The number of halogens is 3. The molecule has 0 bridgehead atoms. The molecule has 7 nitrogen and oxygen atoms in total. The van der Waals surface area contributed by atoms with Crippen LogP contribution in [-0.4, -0.2) is 59.2 Å². The number of pyridine rings is 2. The molecule has 41 heavy (non-hydrogen) atoms. The van der Waals surface area contributed by atoms with Crippen LogP contribution in [0.25, 0.3) is 33.2 Å². The van der Waals surface area contributed by atoms with E-state index in [9.17, 15) is 18.0 Å². The molecule has 1 aliphatic heterocycles. The second kappa shape index (κ2) is 11.1. The van der Waals surface area contributed by atoms with Gasteiger partial charge in [0.1, 0.15) is 18.0 Å². The highest BCUT2D eigenvalue weighted by Gasteiger charge is 2.39. The SMILES string of the molecule is COc1c(-c2ccc(N3C[C@@H](C)N(C(=O)CC(F)(F)F)[C@@H](C)C3)nc2)cnc2c(-c3ccc(C#N)cc3)cccc12. The maximum atomic E-state index is 12.8. The number of fused-ring (bicyclic) bond motifs is 1. The minimum atomic E-state index is -4.53. The van der Waals surface area contributed by atoms with E-state index < -0.39 is 30.6 Å². The number of carbonyl (C=O) groups is 1. The number of hydrogen-bond acceptors (Lipinski definition) is 6. The Kier molecular flexibility index (Phi) is 7.54. The number of alkyl halides is 3. The maximum Gasteiger partial charge on any atom is 0.397 e. The van der Waals surface area contributed by atoms with Gasteiger partial charge in [-0.05, 0) is 49.7 Å². The number of nitrogens with zero attached hydrogens (tertiary/aromatic N) is 5. The summed E-state index contributed by atoms with van der Waals surface area (Å²) in [7, 11) is 1.61. The minimum Gasteiger partial charge on any atom is -0.495 e. The number of ether oxygens (including phenoxy) is 1. The highest BCUT2D eigenvalue weighted by atomic mass is 19.4. The summed E-state index contributed by atoms with van der Waals surface area (Å²) in [5, 5.41) is 9.95. The molecule has 10 heteroatoms. The van der Waals surface area contributed by atoms with Gasteiger partial charge in [-0.3, -0.25) is 9.78 Å². The largest absolute Gasteiger partial charge is 0.495 e. The summed E-state index contributed by atoms with van der Waals surface area (Å²) in [4.78, 5) is 25.0. The van der Waals surface area contributed by atoms with Crippen LogP contribution in [0.1, 0.15) is 25.8 Å². The van der Waals surface area contributed by atoms with Gasteiger partial charge in [-0.25, -0.2) is 4.98 Å². The molecule has 210 valence electrons. The van der Waals surface area contributed by atoms with E-state index in [2.05, 4.69) is 11.1 Å².